The Morgan fingerprint density at radius 3 is 2.75 bits per heavy atom. The van der Waals surface area contributed by atoms with Gasteiger partial charge in [-0.3, -0.25) is 0 Å². The van der Waals surface area contributed by atoms with E-state index >= 15 is 0 Å². The summed E-state index contributed by atoms with van der Waals surface area (Å²) in [4.78, 5) is 0. The topological polar surface area (TPSA) is 18.5 Å². The van der Waals surface area contributed by atoms with E-state index in [4.69, 9.17) is 9.47 Å². The van der Waals surface area contributed by atoms with Crippen LogP contribution in [-0.4, -0.2) is 6.79 Å². The third-order valence-corrected chi connectivity index (χ3v) is 5.09. The van der Waals surface area contributed by atoms with Crippen molar-refractivity contribution in [2.75, 3.05) is 6.79 Å². The summed E-state index contributed by atoms with van der Waals surface area (Å²) < 4.78 is 10.9. The first-order chi connectivity index (χ1) is 9.63. The van der Waals surface area contributed by atoms with Gasteiger partial charge in [0.2, 0.25) is 6.79 Å². The fraction of sp³-hybridized carbons (Fsp3) is 0.667. The number of benzene rings is 1. The number of ether oxygens (including phenoxy) is 2. The van der Waals surface area contributed by atoms with Crippen LogP contribution in [0.5, 0.6) is 11.5 Å². The quantitative estimate of drug-likeness (QED) is 0.797. The van der Waals surface area contributed by atoms with Crippen molar-refractivity contribution in [1.82, 2.24) is 0 Å². The minimum Gasteiger partial charge on any atom is -0.454 e. The van der Waals surface area contributed by atoms with Crippen LogP contribution < -0.4 is 9.47 Å². The van der Waals surface area contributed by atoms with E-state index < -0.39 is 0 Å². The normalized spacial score (nSPS) is 28.9. The maximum Gasteiger partial charge on any atom is 0.231 e. The molecule has 2 nitrogen and oxygen atoms in total. The van der Waals surface area contributed by atoms with E-state index in [1.54, 1.807) is 0 Å². The first kappa shape index (κ1) is 13.8. The summed E-state index contributed by atoms with van der Waals surface area (Å²) in [5.74, 6) is 5.18. The van der Waals surface area contributed by atoms with E-state index in [9.17, 15) is 0 Å². The second-order valence-corrected chi connectivity index (χ2v) is 6.98. The molecule has 1 saturated carbocycles. The maximum absolute atomic E-state index is 5.50. The van der Waals surface area contributed by atoms with E-state index in [0.717, 1.165) is 35.2 Å². The molecule has 2 heteroatoms. The number of fused-ring (bicyclic) bond motifs is 1. The van der Waals surface area contributed by atoms with Crippen LogP contribution in [-0.2, 0) is 6.42 Å². The lowest BCUT2D eigenvalue weighted by molar-refractivity contribution is 0.144. The molecule has 1 heterocycles. The zero-order valence-electron chi connectivity index (χ0n) is 12.9. The Hall–Kier alpha value is -1.18. The molecule has 3 rings (SSSR count). The van der Waals surface area contributed by atoms with E-state index in [1.165, 1.54) is 31.2 Å². The monoisotopic (exact) mass is 274 g/mol. The Morgan fingerprint density at radius 2 is 1.95 bits per heavy atom. The summed E-state index contributed by atoms with van der Waals surface area (Å²) in [6.07, 6.45) is 5.36. The van der Waals surface area contributed by atoms with E-state index in [-0.39, 0.29) is 0 Å². The van der Waals surface area contributed by atoms with Crippen molar-refractivity contribution in [3.63, 3.8) is 0 Å². The van der Waals surface area contributed by atoms with Crippen LogP contribution >= 0.6 is 0 Å². The fourth-order valence-corrected chi connectivity index (χ4v) is 4.01. The van der Waals surface area contributed by atoms with Crippen molar-refractivity contribution in [1.29, 1.82) is 0 Å². The molecular formula is C18H26O2. The van der Waals surface area contributed by atoms with Crippen molar-refractivity contribution in [2.24, 2.45) is 23.7 Å². The number of rotatable bonds is 3. The van der Waals surface area contributed by atoms with Crippen LogP contribution in [0.15, 0.2) is 18.2 Å². The lowest BCUT2D eigenvalue weighted by Gasteiger charge is -2.37. The zero-order chi connectivity index (χ0) is 14.1. The largest absolute Gasteiger partial charge is 0.454 e. The molecule has 20 heavy (non-hydrogen) atoms. The summed E-state index contributed by atoms with van der Waals surface area (Å²) in [6, 6.07) is 6.46. The number of hydrogen-bond donors (Lipinski definition) is 0. The smallest absolute Gasteiger partial charge is 0.231 e. The Balaban J connectivity index is 1.74. The van der Waals surface area contributed by atoms with Crippen LogP contribution in [0.4, 0.5) is 0 Å². The van der Waals surface area contributed by atoms with Crippen molar-refractivity contribution in [3.8, 4) is 11.5 Å². The Bertz CT molecular complexity index is 466. The van der Waals surface area contributed by atoms with Crippen molar-refractivity contribution < 1.29 is 9.47 Å². The molecule has 1 aliphatic heterocycles. The van der Waals surface area contributed by atoms with Gasteiger partial charge in [-0.15, -0.1) is 0 Å². The molecule has 1 aromatic carbocycles. The maximum atomic E-state index is 5.50. The molecular weight excluding hydrogens is 248 g/mol. The Morgan fingerprint density at radius 1 is 1.15 bits per heavy atom. The summed E-state index contributed by atoms with van der Waals surface area (Å²) >= 11 is 0. The third-order valence-electron chi connectivity index (χ3n) is 5.09. The third kappa shape index (κ3) is 2.79. The average molecular weight is 274 g/mol. The lowest BCUT2D eigenvalue weighted by atomic mass is 9.68. The minimum atomic E-state index is 0.369. The highest BCUT2D eigenvalue weighted by atomic mass is 16.7. The molecule has 3 unspecified atom stereocenters. The highest BCUT2D eigenvalue weighted by Gasteiger charge is 2.30. The first-order valence-electron chi connectivity index (χ1n) is 8.02. The molecule has 0 N–H and O–H groups in total. The minimum absolute atomic E-state index is 0.369. The first-order valence-corrected chi connectivity index (χ1v) is 8.02. The van der Waals surface area contributed by atoms with E-state index in [1.807, 2.05) is 0 Å². The van der Waals surface area contributed by atoms with Crippen LogP contribution in [0.3, 0.4) is 0 Å². The van der Waals surface area contributed by atoms with Crippen LogP contribution in [0.1, 0.15) is 45.6 Å². The summed E-state index contributed by atoms with van der Waals surface area (Å²) in [5, 5.41) is 0. The van der Waals surface area contributed by atoms with Crippen LogP contribution in [0.2, 0.25) is 0 Å². The average Bonchev–Trinajstić information content (AvgIpc) is 2.85. The van der Waals surface area contributed by atoms with E-state index in [0.29, 0.717) is 6.79 Å². The van der Waals surface area contributed by atoms with Crippen molar-refractivity contribution >= 4 is 0 Å². The van der Waals surface area contributed by atoms with Gasteiger partial charge in [-0.25, -0.2) is 0 Å². The molecule has 0 bridgehead atoms. The SMILES string of the molecule is CC1CCC(C(C)C)C(Cc2ccc3c(c2)OCO3)C1. The van der Waals surface area contributed by atoms with Crippen molar-refractivity contribution in [3.05, 3.63) is 23.8 Å². The summed E-state index contributed by atoms with van der Waals surface area (Å²) in [7, 11) is 0. The van der Waals surface area contributed by atoms with Gasteiger partial charge >= 0.3 is 0 Å². The molecule has 3 atom stereocenters. The lowest BCUT2D eigenvalue weighted by Crippen LogP contribution is -2.29. The fourth-order valence-electron chi connectivity index (χ4n) is 4.01. The molecule has 110 valence electrons. The second kappa shape index (κ2) is 5.67. The summed E-state index contributed by atoms with van der Waals surface area (Å²) in [6.45, 7) is 7.54. The van der Waals surface area contributed by atoms with Gasteiger partial charge in [0.05, 0.1) is 0 Å². The van der Waals surface area contributed by atoms with Crippen LogP contribution in [0, 0.1) is 23.7 Å². The highest BCUT2D eigenvalue weighted by molar-refractivity contribution is 5.44. The predicted molar refractivity (Wildman–Crippen MR) is 81.1 cm³/mol. The number of hydrogen-bond acceptors (Lipinski definition) is 2. The van der Waals surface area contributed by atoms with Gasteiger partial charge in [-0.1, -0.05) is 33.3 Å². The van der Waals surface area contributed by atoms with Gasteiger partial charge in [0.25, 0.3) is 0 Å². The summed E-state index contributed by atoms with van der Waals surface area (Å²) in [5.41, 5.74) is 1.40. The zero-order valence-corrected chi connectivity index (χ0v) is 12.9. The standard InChI is InChI=1S/C18H26O2/c1-12(2)16-6-4-13(3)8-15(16)9-14-5-7-17-18(10-14)20-11-19-17/h5,7,10,12-13,15-16H,4,6,8-9,11H2,1-3H3. The second-order valence-electron chi connectivity index (χ2n) is 6.98. The predicted octanol–water partition coefficient (Wildman–Crippen LogP) is 4.67. The molecule has 0 aromatic heterocycles. The molecule has 0 radical (unpaired) electrons. The highest BCUT2D eigenvalue weighted by Crippen LogP contribution is 2.41. The molecule has 1 aromatic rings. The van der Waals surface area contributed by atoms with Crippen molar-refractivity contribution in [2.45, 2.75) is 46.5 Å². The molecule has 0 spiro atoms. The molecule has 0 amide bonds. The molecule has 1 fully saturated rings. The Kier molecular flexibility index (Phi) is 3.91. The molecule has 0 saturated heterocycles. The molecule has 2 aliphatic rings. The van der Waals surface area contributed by atoms with Gasteiger partial charge in [0, 0.05) is 0 Å². The van der Waals surface area contributed by atoms with Gasteiger partial charge in [-0.2, -0.15) is 0 Å². The van der Waals surface area contributed by atoms with Gasteiger partial charge in [-0.05, 0) is 60.6 Å². The van der Waals surface area contributed by atoms with Gasteiger partial charge in [0.1, 0.15) is 0 Å². The van der Waals surface area contributed by atoms with E-state index in [2.05, 4.69) is 39.0 Å². The molecule has 1 aliphatic carbocycles. The Labute approximate surface area is 122 Å². The van der Waals surface area contributed by atoms with Crippen LogP contribution in [0.25, 0.3) is 0 Å². The van der Waals surface area contributed by atoms with Gasteiger partial charge in [0.15, 0.2) is 11.5 Å². The van der Waals surface area contributed by atoms with Gasteiger partial charge < -0.3 is 9.47 Å².